The standard InChI is InChI=1S/C11H14FN5/c1-7(11-16-14-6-17(11)2)15-9-5-3-4-8(12)10(9)13/h3-7,15H,13H2,1-2H3. The Morgan fingerprint density at radius 3 is 2.88 bits per heavy atom. The molecule has 0 radical (unpaired) electrons. The van der Waals surface area contributed by atoms with Gasteiger partial charge in [-0.3, -0.25) is 0 Å². The van der Waals surface area contributed by atoms with Crippen LogP contribution in [0.4, 0.5) is 15.8 Å². The van der Waals surface area contributed by atoms with Crippen LogP contribution in [0.5, 0.6) is 0 Å². The Morgan fingerprint density at radius 1 is 1.47 bits per heavy atom. The summed E-state index contributed by atoms with van der Waals surface area (Å²) in [5, 5.41) is 10.9. The Balaban J connectivity index is 2.22. The number of rotatable bonds is 3. The van der Waals surface area contributed by atoms with Gasteiger partial charge in [0, 0.05) is 7.05 Å². The summed E-state index contributed by atoms with van der Waals surface area (Å²) in [5.74, 6) is 0.328. The quantitative estimate of drug-likeness (QED) is 0.795. The zero-order valence-electron chi connectivity index (χ0n) is 9.68. The van der Waals surface area contributed by atoms with Gasteiger partial charge >= 0.3 is 0 Å². The molecule has 2 aromatic rings. The molecule has 0 aliphatic rings. The van der Waals surface area contributed by atoms with Crippen molar-refractivity contribution in [2.24, 2.45) is 7.05 Å². The molecular weight excluding hydrogens is 221 g/mol. The minimum atomic E-state index is -0.430. The molecule has 5 nitrogen and oxygen atoms in total. The monoisotopic (exact) mass is 235 g/mol. The number of hydrogen-bond donors (Lipinski definition) is 2. The molecule has 0 saturated heterocycles. The molecule has 1 heterocycles. The Bertz CT molecular complexity index is 522. The topological polar surface area (TPSA) is 68.8 Å². The number of hydrogen-bond acceptors (Lipinski definition) is 4. The van der Waals surface area contributed by atoms with Crippen LogP contribution in [0.25, 0.3) is 0 Å². The predicted molar refractivity (Wildman–Crippen MR) is 63.9 cm³/mol. The average molecular weight is 235 g/mol. The molecule has 0 amide bonds. The number of nitrogens with zero attached hydrogens (tertiary/aromatic N) is 3. The van der Waals surface area contributed by atoms with Crippen LogP contribution in [0.3, 0.4) is 0 Å². The van der Waals surface area contributed by atoms with Crippen LogP contribution in [-0.2, 0) is 7.05 Å². The normalized spacial score (nSPS) is 12.4. The SMILES string of the molecule is CC(Nc1cccc(F)c1N)c1nncn1C. The van der Waals surface area contributed by atoms with Gasteiger partial charge in [-0.05, 0) is 19.1 Å². The van der Waals surface area contributed by atoms with Crippen molar-refractivity contribution >= 4 is 11.4 Å². The Kier molecular flexibility index (Phi) is 2.95. The number of nitrogen functional groups attached to an aromatic ring is 1. The summed E-state index contributed by atoms with van der Waals surface area (Å²) < 4.78 is 15.1. The summed E-state index contributed by atoms with van der Waals surface area (Å²) in [6.07, 6.45) is 1.61. The molecule has 0 bridgehead atoms. The van der Waals surface area contributed by atoms with Gasteiger partial charge in [-0.25, -0.2) is 4.39 Å². The van der Waals surface area contributed by atoms with Crippen LogP contribution < -0.4 is 11.1 Å². The fraction of sp³-hybridized carbons (Fsp3) is 0.273. The van der Waals surface area contributed by atoms with E-state index in [1.165, 1.54) is 6.07 Å². The van der Waals surface area contributed by atoms with Gasteiger partial charge in [-0.1, -0.05) is 6.07 Å². The van der Waals surface area contributed by atoms with Gasteiger partial charge in [-0.2, -0.15) is 0 Å². The van der Waals surface area contributed by atoms with Gasteiger partial charge in [0.25, 0.3) is 0 Å². The molecular formula is C11H14FN5. The first-order valence-corrected chi connectivity index (χ1v) is 5.24. The molecule has 1 aromatic heterocycles. The van der Waals surface area contributed by atoms with Crippen LogP contribution in [0, 0.1) is 5.82 Å². The molecule has 0 saturated carbocycles. The molecule has 0 spiro atoms. The van der Waals surface area contributed by atoms with Gasteiger partial charge in [0.05, 0.1) is 17.4 Å². The van der Waals surface area contributed by atoms with Crippen LogP contribution in [0.1, 0.15) is 18.8 Å². The summed E-state index contributed by atoms with van der Waals surface area (Å²) >= 11 is 0. The van der Waals surface area contributed by atoms with Crippen molar-refractivity contribution in [3.8, 4) is 0 Å². The van der Waals surface area contributed by atoms with E-state index in [2.05, 4.69) is 15.5 Å². The molecule has 0 aliphatic carbocycles. The highest BCUT2D eigenvalue weighted by Gasteiger charge is 2.13. The summed E-state index contributed by atoms with van der Waals surface area (Å²) in [6, 6.07) is 4.56. The Labute approximate surface area is 98.5 Å². The van der Waals surface area contributed by atoms with E-state index >= 15 is 0 Å². The van der Waals surface area contributed by atoms with E-state index < -0.39 is 5.82 Å². The summed E-state index contributed by atoms with van der Waals surface area (Å²) in [6.45, 7) is 1.91. The maximum absolute atomic E-state index is 13.3. The third-order valence-corrected chi connectivity index (χ3v) is 2.56. The molecule has 2 rings (SSSR count). The largest absolute Gasteiger partial charge is 0.395 e. The molecule has 1 aromatic carbocycles. The van der Waals surface area contributed by atoms with Crippen LogP contribution in [0.15, 0.2) is 24.5 Å². The van der Waals surface area contributed by atoms with Crippen molar-refractivity contribution in [2.45, 2.75) is 13.0 Å². The molecule has 0 aliphatic heterocycles. The van der Waals surface area contributed by atoms with E-state index in [4.69, 9.17) is 5.73 Å². The number of anilines is 2. The second-order valence-electron chi connectivity index (χ2n) is 3.87. The Morgan fingerprint density at radius 2 is 2.24 bits per heavy atom. The lowest BCUT2D eigenvalue weighted by atomic mass is 10.2. The lowest BCUT2D eigenvalue weighted by Gasteiger charge is -2.16. The van der Waals surface area contributed by atoms with Crippen LogP contribution in [0.2, 0.25) is 0 Å². The smallest absolute Gasteiger partial charge is 0.154 e. The molecule has 17 heavy (non-hydrogen) atoms. The third-order valence-electron chi connectivity index (χ3n) is 2.56. The molecule has 3 N–H and O–H groups in total. The van der Waals surface area contributed by atoms with Crippen LogP contribution >= 0.6 is 0 Å². The minimum Gasteiger partial charge on any atom is -0.395 e. The lowest BCUT2D eigenvalue weighted by molar-refractivity contribution is 0.632. The molecule has 0 fully saturated rings. The van der Waals surface area contributed by atoms with Crippen molar-refractivity contribution in [1.29, 1.82) is 0 Å². The fourth-order valence-corrected chi connectivity index (χ4v) is 1.64. The van der Waals surface area contributed by atoms with E-state index in [1.807, 2.05) is 14.0 Å². The summed E-state index contributed by atoms with van der Waals surface area (Å²) in [5.41, 5.74) is 6.31. The maximum atomic E-state index is 13.3. The number of aromatic nitrogens is 3. The number of aryl methyl sites for hydroxylation is 1. The number of halogens is 1. The van der Waals surface area contributed by atoms with Crippen molar-refractivity contribution in [1.82, 2.24) is 14.8 Å². The summed E-state index contributed by atoms with van der Waals surface area (Å²) in [4.78, 5) is 0. The predicted octanol–water partition coefficient (Wildman–Crippen LogP) is 1.71. The number of benzene rings is 1. The zero-order chi connectivity index (χ0) is 12.4. The van der Waals surface area contributed by atoms with Crippen molar-refractivity contribution in [3.05, 3.63) is 36.2 Å². The zero-order valence-corrected chi connectivity index (χ0v) is 9.68. The fourth-order valence-electron chi connectivity index (χ4n) is 1.64. The van der Waals surface area contributed by atoms with E-state index in [1.54, 1.807) is 23.0 Å². The van der Waals surface area contributed by atoms with Crippen molar-refractivity contribution < 1.29 is 4.39 Å². The number of nitrogens with one attached hydrogen (secondary N) is 1. The van der Waals surface area contributed by atoms with Crippen molar-refractivity contribution in [3.63, 3.8) is 0 Å². The molecule has 90 valence electrons. The van der Waals surface area contributed by atoms with E-state index in [9.17, 15) is 4.39 Å². The first kappa shape index (κ1) is 11.4. The van der Waals surface area contributed by atoms with Crippen molar-refractivity contribution in [2.75, 3.05) is 11.1 Å². The van der Waals surface area contributed by atoms with Gasteiger partial charge in [0.15, 0.2) is 5.82 Å². The second-order valence-corrected chi connectivity index (χ2v) is 3.87. The highest BCUT2D eigenvalue weighted by molar-refractivity contribution is 5.66. The second kappa shape index (κ2) is 4.40. The molecule has 1 unspecified atom stereocenters. The minimum absolute atomic E-state index is 0.105. The molecule has 1 atom stereocenters. The maximum Gasteiger partial charge on any atom is 0.154 e. The Hall–Kier alpha value is -2.11. The van der Waals surface area contributed by atoms with Gasteiger partial charge in [0.2, 0.25) is 0 Å². The van der Waals surface area contributed by atoms with E-state index in [0.29, 0.717) is 5.69 Å². The van der Waals surface area contributed by atoms with Gasteiger partial charge < -0.3 is 15.6 Å². The van der Waals surface area contributed by atoms with Gasteiger partial charge in [0.1, 0.15) is 12.1 Å². The highest BCUT2D eigenvalue weighted by Crippen LogP contribution is 2.25. The van der Waals surface area contributed by atoms with E-state index in [-0.39, 0.29) is 11.7 Å². The first-order valence-electron chi connectivity index (χ1n) is 5.24. The molecule has 6 heteroatoms. The number of nitrogens with two attached hydrogens (primary N) is 1. The average Bonchev–Trinajstić information content (AvgIpc) is 2.71. The number of para-hydroxylation sites is 1. The van der Waals surface area contributed by atoms with E-state index in [0.717, 1.165) is 5.82 Å². The highest BCUT2D eigenvalue weighted by atomic mass is 19.1. The third kappa shape index (κ3) is 2.20. The van der Waals surface area contributed by atoms with Crippen LogP contribution in [-0.4, -0.2) is 14.8 Å². The van der Waals surface area contributed by atoms with Gasteiger partial charge in [-0.15, -0.1) is 10.2 Å². The lowest BCUT2D eigenvalue weighted by Crippen LogP contribution is -2.13. The summed E-state index contributed by atoms with van der Waals surface area (Å²) in [7, 11) is 1.85. The first-order chi connectivity index (χ1) is 8.09.